The summed E-state index contributed by atoms with van der Waals surface area (Å²) in [5.74, 6) is 0.204. The molecule has 2 amide bonds. The molecule has 0 spiro atoms. The minimum absolute atomic E-state index is 0.0916. The van der Waals surface area contributed by atoms with E-state index in [9.17, 15) is 19.8 Å². The van der Waals surface area contributed by atoms with Crippen LogP contribution in [0.3, 0.4) is 0 Å². The molecule has 3 aliphatic rings. The first kappa shape index (κ1) is 34.1. The molecule has 0 unspecified atom stereocenters. The number of fused-ring (bicyclic) bond motifs is 2. The summed E-state index contributed by atoms with van der Waals surface area (Å²) >= 11 is 0. The second kappa shape index (κ2) is 16.6. The Labute approximate surface area is 280 Å². The number of aromatic nitrogens is 4. The van der Waals surface area contributed by atoms with E-state index < -0.39 is 30.4 Å². The molecule has 2 saturated heterocycles. The van der Waals surface area contributed by atoms with Crippen molar-refractivity contribution in [2.75, 3.05) is 64.2 Å². The van der Waals surface area contributed by atoms with Crippen LogP contribution in [0, 0.1) is 0 Å². The maximum Gasteiger partial charge on any atom is 0.252 e. The minimum atomic E-state index is -1.43. The molecule has 4 heterocycles. The number of imidazole rings is 1. The van der Waals surface area contributed by atoms with Gasteiger partial charge in [-0.05, 0) is 36.8 Å². The number of hydrogen-bond acceptors (Lipinski definition) is 12. The molecule has 5 atom stereocenters. The number of benzene rings is 1. The van der Waals surface area contributed by atoms with E-state index in [-0.39, 0.29) is 11.9 Å². The van der Waals surface area contributed by atoms with Crippen LogP contribution in [0.1, 0.15) is 55.5 Å². The third-order valence-corrected chi connectivity index (χ3v) is 9.37. The molecule has 2 fully saturated rings. The van der Waals surface area contributed by atoms with Crippen LogP contribution in [0.15, 0.2) is 36.9 Å². The second-order valence-electron chi connectivity index (χ2n) is 12.6. The molecule has 7 N–H and O–H groups in total. The lowest BCUT2D eigenvalue weighted by molar-refractivity contribution is -0.137. The maximum atomic E-state index is 13.0. The Bertz CT molecular complexity index is 1510. The van der Waals surface area contributed by atoms with Gasteiger partial charge in [-0.25, -0.2) is 15.0 Å². The SMILES string of the molecule is O=C(NCCCCCC(=O)N1CCNCCNCCNCC1)[C@@H]1O[C@H](n2cnc3c(N[C@H]4CCc5ccccc54)ncnc32)[C@@H](O)[C@H]1O. The Morgan fingerprint density at radius 3 is 2.46 bits per heavy atom. The van der Waals surface area contributed by atoms with Crippen LogP contribution in [0.5, 0.6) is 0 Å². The van der Waals surface area contributed by atoms with Gasteiger partial charge in [-0.15, -0.1) is 0 Å². The molecule has 0 saturated carbocycles. The number of carbonyl (C=O) groups excluding carboxylic acids is 2. The van der Waals surface area contributed by atoms with Crippen molar-refractivity contribution in [3.8, 4) is 0 Å². The monoisotopic (exact) mass is 664 g/mol. The van der Waals surface area contributed by atoms with E-state index in [0.29, 0.717) is 49.5 Å². The average Bonchev–Trinajstić information content (AvgIpc) is 3.79. The summed E-state index contributed by atoms with van der Waals surface area (Å²) in [6.07, 6.45) is 2.32. The fourth-order valence-corrected chi connectivity index (χ4v) is 6.69. The van der Waals surface area contributed by atoms with E-state index in [2.05, 4.69) is 53.7 Å². The summed E-state index contributed by atoms with van der Waals surface area (Å²) < 4.78 is 7.45. The van der Waals surface area contributed by atoms with Gasteiger partial charge in [0.05, 0.1) is 12.4 Å². The molecule has 2 aliphatic heterocycles. The van der Waals surface area contributed by atoms with Gasteiger partial charge in [0.2, 0.25) is 5.91 Å². The van der Waals surface area contributed by atoms with Crippen LogP contribution in [-0.2, 0) is 20.7 Å². The number of hydrogen-bond donors (Lipinski definition) is 7. The molecule has 15 nitrogen and oxygen atoms in total. The fourth-order valence-electron chi connectivity index (χ4n) is 6.69. The minimum Gasteiger partial charge on any atom is -0.387 e. The van der Waals surface area contributed by atoms with Crippen LogP contribution < -0.4 is 26.6 Å². The van der Waals surface area contributed by atoms with Crippen molar-refractivity contribution in [2.45, 2.75) is 69.1 Å². The van der Waals surface area contributed by atoms with E-state index in [0.717, 1.165) is 65.0 Å². The Balaban J connectivity index is 0.962. The first-order chi connectivity index (χ1) is 23.5. The van der Waals surface area contributed by atoms with Crippen molar-refractivity contribution >= 4 is 28.8 Å². The molecule has 48 heavy (non-hydrogen) atoms. The summed E-state index contributed by atoms with van der Waals surface area (Å²) in [7, 11) is 0. The van der Waals surface area contributed by atoms with E-state index in [1.165, 1.54) is 28.3 Å². The Morgan fingerprint density at radius 2 is 1.67 bits per heavy atom. The van der Waals surface area contributed by atoms with Crippen molar-refractivity contribution in [1.82, 2.24) is 45.7 Å². The molecular weight excluding hydrogens is 616 g/mol. The van der Waals surface area contributed by atoms with Crippen LogP contribution in [0.25, 0.3) is 11.2 Å². The van der Waals surface area contributed by atoms with Gasteiger partial charge in [-0.3, -0.25) is 14.2 Å². The molecule has 15 heteroatoms. The number of nitrogens with one attached hydrogen (secondary N) is 5. The molecule has 0 bridgehead atoms. The van der Waals surface area contributed by atoms with Crippen LogP contribution in [-0.4, -0.2) is 124 Å². The lowest BCUT2D eigenvalue weighted by Gasteiger charge is -2.24. The van der Waals surface area contributed by atoms with Gasteiger partial charge in [0.1, 0.15) is 18.5 Å². The highest BCUT2D eigenvalue weighted by Gasteiger charge is 2.47. The van der Waals surface area contributed by atoms with E-state index in [1.807, 2.05) is 17.0 Å². The number of amides is 2. The number of anilines is 1. The normalized spacial score (nSPS) is 25.3. The van der Waals surface area contributed by atoms with Crippen molar-refractivity contribution in [1.29, 1.82) is 0 Å². The predicted octanol–water partition coefficient (Wildman–Crippen LogP) is -0.167. The molecule has 3 aromatic rings. The van der Waals surface area contributed by atoms with Crippen molar-refractivity contribution in [3.63, 3.8) is 0 Å². The van der Waals surface area contributed by atoms with Gasteiger partial charge in [0.15, 0.2) is 29.3 Å². The van der Waals surface area contributed by atoms with Gasteiger partial charge in [-0.2, -0.15) is 0 Å². The zero-order valence-electron chi connectivity index (χ0n) is 27.3. The zero-order chi connectivity index (χ0) is 33.3. The number of carbonyl (C=O) groups is 2. The number of aryl methyl sites for hydroxylation is 1. The summed E-state index contributed by atoms with van der Waals surface area (Å²) in [5.41, 5.74) is 3.47. The third kappa shape index (κ3) is 8.10. The Kier molecular flexibility index (Phi) is 11.8. The molecule has 1 aliphatic carbocycles. The predicted molar refractivity (Wildman–Crippen MR) is 179 cm³/mol. The lowest BCUT2D eigenvalue weighted by atomic mass is 10.1. The van der Waals surface area contributed by atoms with Crippen LogP contribution in [0.2, 0.25) is 0 Å². The number of unbranched alkanes of at least 4 members (excludes halogenated alkanes) is 2. The van der Waals surface area contributed by atoms with E-state index in [1.54, 1.807) is 0 Å². The Morgan fingerprint density at radius 1 is 0.917 bits per heavy atom. The largest absolute Gasteiger partial charge is 0.387 e. The quantitative estimate of drug-likeness (QED) is 0.142. The molecule has 260 valence electrons. The lowest BCUT2D eigenvalue weighted by Crippen LogP contribution is -2.44. The smallest absolute Gasteiger partial charge is 0.252 e. The average molecular weight is 665 g/mol. The topological polar surface area (TPSA) is 191 Å². The van der Waals surface area contributed by atoms with Gasteiger partial charge >= 0.3 is 0 Å². The van der Waals surface area contributed by atoms with Crippen molar-refractivity contribution in [3.05, 3.63) is 48.0 Å². The van der Waals surface area contributed by atoms with Crippen LogP contribution in [0.4, 0.5) is 5.82 Å². The van der Waals surface area contributed by atoms with Gasteiger partial charge in [-0.1, -0.05) is 30.7 Å². The van der Waals surface area contributed by atoms with Crippen LogP contribution >= 0.6 is 0 Å². The molecule has 6 rings (SSSR count). The summed E-state index contributed by atoms with van der Waals surface area (Å²) in [4.78, 5) is 41.1. The summed E-state index contributed by atoms with van der Waals surface area (Å²) in [6.45, 7) is 6.84. The van der Waals surface area contributed by atoms with Crippen molar-refractivity contribution in [2.24, 2.45) is 0 Å². The highest BCUT2D eigenvalue weighted by Crippen LogP contribution is 2.36. The van der Waals surface area contributed by atoms with Crippen molar-refractivity contribution < 1.29 is 24.5 Å². The van der Waals surface area contributed by atoms with E-state index >= 15 is 0 Å². The number of rotatable bonds is 10. The molecule has 0 radical (unpaired) electrons. The first-order valence-corrected chi connectivity index (χ1v) is 17.2. The maximum absolute atomic E-state index is 13.0. The highest BCUT2D eigenvalue weighted by molar-refractivity contribution is 5.84. The highest BCUT2D eigenvalue weighted by atomic mass is 16.6. The van der Waals surface area contributed by atoms with Gasteiger partial charge in [0.25, 0.3) is 5.91 Å². The molecule has 2 aromatic heterocycles. The standard InChI is InChI=1S/C33H48N10O5/c44-25(42-18-16-35-14-12-34-13-15-36-17-19-42)8-2-1-5-11-37-32(47)29-27(45)28(46)33(48-29)43-21-40-26-30(38-20-39-31(26)43)41-24-10-9-22-6-3-4-7-23(22)24/h3-4,6-7,20-21,24,27-29,33-36,45-46H,1-2,5,8-19H2,(H,37,47)(H,38,39,41)/t24-,27+,28-,29+,33-/m0/s1. The molecule has 1 aromatic carbocycles. The summed E-state index contributed by atoms with van der Waals surface area (Å²) in [5, 5.41) is 38.1. The van der Waals surface area contributed by atoms with E-state index in [4.69, 9.17) is 4.74 Å². The first-order valence-electron chi connectivity index (χ1n) is 17.2. The van der Waals surface area contributed by atoms with Gasteiger partial charge < -0.3 is 46.4 Å². The Hall–Kier alpha value is -3.73. The zero-order valence-corrected chi connectivity index (χ0v) is 27.3. The third-order valence-electron chi connectivity index (χ3n) is 9.37. The second-order valence-corrected chi connectivity index (χ2v) is 12.6. The number of aliphatic hydroxyl groups is 2. The fraction of sp³-hybridized carbons (Fsp3) is 0.606. The summed E-state index contributed by atoms with van der Waals surface area (Å²) in [6, 6.07) is 8.41. The number of nitrogens with zero attached hydrogens (tertiary/aromatic N) is 5. The molecular formula is C33H48N10O5. The van der Waals surface area contributed by atoms with Gasteiger partial charge in [0, 0.05) is 65.3 Å². The number of ether oxygens (including phenoxy) is 1. The number of aliphatic hydroxyl groups excluding tert-OH is 2.